The number of methoxy groups -OCH3 is 1. The average molecular weight is 592 g/mol. The molecule has 0 radical (unpaired) electrons. The fourth-order valence-corrected chi connectivity index (χ4v) is 9.10. The molecule has 1 spiro atoms. The van der Waals surface area contributed by atoms with E-state index in [2.05, 4.69) is 142 Å². The molecule has 0 saturated heterocycles. The summed E-state index contributed by atoms with van der Waals surface area (Å²) in [6.45, 7) is 4.87. The van der Waals surface area contributed by atoms with Crippen molar-refractivity contribution in [3.8, 4) is 22.6 Å². The van der Waals surface area contributed by atoms with E-state index in [1.807, 2.05) is 0 Å². The predicted octanol–water partition coefficient (Wildman–Crippen LogP) is 9.99. The smallest absolute Gasteiger partial charge is 0.178 e. The summed E-state index contributed by atoms with van der Waals surface area (Å²) in [5.41, 5.74) is 9.50. The molecule has 5 aromatic rings. The van der Waals surface area contributed by atoms with E-state index in [4.69, 9.17) is 9.47 Å². The first-order chi connectivity index (χ1) is 21.9. The Bertz CT molecular complexity index is 1960. The second-order valence-corrected chi connectivity index (χ2v) is 13.4. The van der Waals surface area contributed by atoms with E-state index in [0.717, 1.165) is 40.1 Å². The molecule has 8 rings (SSSR count). The average Bonchev–Trinajstić information content (AvgIpc) is 3.59. The first-order valence-corrected chi connectivity index (χ1v) is 16.4. The number of fused-ring (bicyclic) bond motifs is 10. The highest BCUT2D eigenvalue weighted by Gasteiger charge is 2.57. The van der Waals surface area contributed by atoms with Crippen molar-refractivity contribution in [1.82, 2.24) is 0 Å². The van der Waals surface area contributed by atoms with E-state index in [1.54, 1.807) is 7.11 Å². The predicted molar refractivity (Wildman–Crippen MR) is 187 cm³/mol. The van der Waals surface area contributed by atoms with Gasteiger partial charge in [-0.15, -0.1) is 0 Å². The Balaban J connectivity index is 1.47. The van der Waals surface area contributed by atoms with E-state index >= 15 is 0 Å². The molecule has 0 amide bonds. The van der Waals surface area contributed by atoms with E-state index < -0.39 is 5.60 Å². The van der Waals surface area contributed by atoms with Gasteiger partial charge in [0.25, 0.3) is 0 Å². The highest BCUT2D eigenvalue weighted by atomic mass is 16.5. The summed E-state index contributed by atoms with van der Waals surface area (Å²) in [5, 5.41) is 2.34. The van der Waals surface area contributed by atoms with Crippen molar-refractivity contribution in [2.24, 2.45) is 11.8 Å². The number of rotatable bonds is 5. The van der Waals surface area contributed by atoms with Gasteiger partial charge < -0.3 is 14.4 Å². The molecule has 1 saturated carbocycles. The van der Waals surface area contributed by atoms with Crippen molar-refractivity contribution in [3.05, 3.63) is 131 Å². The number of ether oxygens (including phenoxy) is 2. The maximum atomic E-state index is 7.58. The van der Waals surface area contributed by atoms with Crippen LogP contribution in [0.5, 0.6) is 11.5 Å². The molecule has 0 N–H and O–H groups in total. The van der Waals surface area contributed by atoms with Crippen LogP contribution < -0.4 is 14.4 Å². The zero-order valence-corrected chi connectivity index (χ0v) is 26.9. The largest absolute Gasteiger partial charge is 0.497 e. The molecular formula is C42H41NO2. The van der Waals surface area contributed by atoms with E-state index in [0.29, 0.717) is 11.8 Å². The maximum Gasteiger partial charge on any atom is 0.178 e. The molecule has 3 heteroatoms. The van der Waals surface area contributed by atoms with Gasteiger partial charge in [0, 0.05) is 47.3 Å². The van der Waals surface area contributed by atoms with Crippen LogP contribution in [0.2, 0.25) is 0 Å². The van der Waals surface area contributed by atoms with Crippen LogP contribution in [0.3, 0.4) is 0 Å². The van der Waals surface area contributed by atoms with Gasteiger partial charge in [-0.1, -0.05) is 93.1 Å². The minimum Gasteiger partial charge on any atom is -0.497 e. The molecule has 5 aromatic carbocycles. The molecule has 4 unspecified atom stereocenters. The second-order valence-electron chi connectivity index (χ2n) is 13.4. The number of hydrogen-bond donors (Lipinski definition) is 0. The Morgan fingerprint density at radius 3 is 2.31 bits per heavy atom. The summed E-state index contributed by atoms with van der Waals surface area (Å²) >= 11 is 0. The zero-order chi connectivity index (χ0) is 30.9. The lowest BCUT2D eigenvalue weighted by Crippen LogP contribution is -2.38. The van der Waals surface area contributed by atoms with Crippen LogP contribution in [0.15, 0.2) is 103 Å². The summed E-state index contributed by atoms with van der Waals surface area (Å²) in [7, 11) is 5.91. The van der Waals surface area contributed by atoms with Gasteiger partial charge in [-0.2, -0.15) is 0 Å². The molecule has 1 aliphatic heterocycles. The minimum absolute atomic E-state index is 0.0489. The lowest BCUT2D eigenvalue weighted by molar-refractivity contribution is 0.163. The number of benzene rings is 5. The third kappa shape index (κ3) is 3.76. The van der Waals surface area contributed by atoms with Gasteiger partial charge in [0.1, 0.15) is 11.5 Å². The molecule has 4 atom stereocenters. The van der Waals surface area contributed by atoms with Crippen LogP contribution in [-0.4, -0.2) is 21.2 Å². The molecule has 0 bridgehead atoms. The molecule has 2 aliphatic carbocycles. The summed E-state index contributed by atoms with van der Waals surface area (Å²) in [5.74, 6) is 2.89. The third-order valence-electron chi connectivity index (χ3n) is 11.2. The molecule has 1 heterocycles. The van der Waals surface area contributed by atoms with Gasteiger partial charge in [0.2, 0.25) is 0 Å². The molecule has 3 aliphatic rings. The third-order valence-corrected chi connectivity index (χ3v) is 11.2. The van der Waals surface area contributed by atoms with E-state index in [1.165, 1.54) is 46.0 Å². The quantitative estimate of drug-likeness (QED) is 0.203. The lowest BCUT2D eigenvalue weighted by atomic mass is 9.63. The van der Waals surface area contributed by atoms with E-state index in [9.17, 15) is 0 Å². The number of anilines is 1. The van der Waals surface area contributed by atoms with Gasteiger partial charge in [0.15, 0.2) is 5.60 Å². The molecular weight excluding hydrogens is 550 g/mol. The zero-order valence-electron chi connectivity index (χ0n) is 26.9. The monoisotopic (exact) mass is 591 g/mol. The first-order valence-electron chi connectivity index (χ1n) is 16.4. The van der Waals surface area contributed by atoms with Gasteiger partial charge in [-0.25, -0.2) is 0 Å². The van der Waals surface area contributed by atoms with Gasteiger partial charge in [0.05, 0.1) is 7.11 Å². The Hall–Kier alpha value is -4.50. The summed E-state index contributed by atoms with van der Waals surface area (Å²) in [6.07, 6.45) is 8.36. The van der Waals surface area contributed by atoms with Crippen molar-refractivity contribution in [1.29, 1.82) is 0 Å². The van der Waals surface area contributed by atoms with Crippen LogP contribution in [-0.2, 0) is 11.0 Å². The molecule has 1 fully saturated rings. The van der Waals surface area contributed by atoms with Crippen molar-refractivity contribution < 1.29 is 9.47 Å². The van der Waals surface area contributed by atoms with Crippen molar-refractivity contribution in [2.75, 3.05) is 26.1 Å². The maximum absolute atomic E-state index is 7.58. The Morgan fingerprint density at radius 1 is 0.844 bits per heavy atom. The number of nitrogens with zero attached hydrogens (tertiary/aromatic N) is 1. The first kappa shape index (κ1) is 28.0. The standard InChI is InChI=1S/C42H41NO2/c1-6-28-17-16-27(2)42(28)37-15-11-10-14-34(37)38-33-23-22-32(44-5)26-36(33)40-35(39(38)42)24-25-41(45-40,29-12-8-7-9-13-29)30-18-20-31(21-19-30)43(3)4/h7-15,18-28H,6,16-17H2,1-5H3. The molecule has 226 valence electrons. The van der Waals surface area contributed by atoms with Crippen LogP contribution in [0, 0.1) is 11.8 Å². The van der Waals surface area contributed by atoms with Crippen LogP contribution >= 0.6 is 0 Å². The van der Waals surface area contributed by atoms with Gasteiger partial charge in [-0.05, 0) is 88.7 Å². The Labute approximate surface area is 267 Å². The number of hydrogen-bond acceptors (Lipinski definition) is 3. The molecule has 45 heavy (non-hydrogen) atoms. The topological polar surface area (TPSA) is 21.7 Å². The highest BCUT2D eigenvalue weighted by molar-refractivity contribution is 6.09. The molecule has 0 aromatic heterocycles. The summed E-state index contributed by atoms with van der Waals surface area (Å²) in [6, 6.07) is 35.3. The van der Waals surface area contributed by atoms with Crippen molar-refractivity contribution in [3.63, 3.8) is 0 Å². The molecule has 3 nitrogen and oxygen atoms in total. The Kier molecular flexibility index (Phi) is 6.39. The summed E-state index contributed by atoms with van der Waals surface area (Å²) in [4.78, 5) is 2.14. The minimum atomic E-state index is -0.784. The normalized spacial score (nSPS) is 24.3. The fraction of sp³-hybridized carbons (Fsp3) is 0.286. The van der Waals surface area contributed by atoms with Crippen LogP contribution in [0.25, 0.3) is 28.0 Å². The fourth-order valence-electron chi connectivity index (χ4n) is 9.10. The SMILES string of the molecule is CCC1CCC(C)C12c1ccccc1-c1c2c2c(c3cc(OC)ccc13)OC(c1ccccc1)(c1ccc(N(C)C)cc1)C=C2. The van der Waals surface area contributed by atoms with E-state index in [-0.39, 0.29) is 5.41 Å². The van der Waals surface area contributed by atoms with Crippen molar-refractivity contribution in [2.45, 2.75) is 44.1 Å². The van der Waals surface area contributed by atoms with Gasteiger partial charge in [-0.3, -0.25) is 0 Å². The highest BCUT2D eigenvalue weighted by Crippen LogP contribution is 2.66. The second kappa shape index (κ2) is 10.3. The van der Waals surface area contributed by atoms with Crippen molar-refractivity contribution >= 4 is 22.5 Å². The lowest BCUT2D eigenvalue weighted by Gasteiger charge is -2.42. The van der Waals surface area contributed by atoms with Crippen LogP contribution in [0.1, 0.15) is 60.9 Å². The van der Waals surface area contributed by atoms with Gasteiger partial charge >= 0.3 is 0 Å². The Morgan fingerprint density at radius 2 is 1.58 bits per heavy atom. The van der Waals surface area contributed by atoms with Crippen LogP contribution in [0.4, 0.5) is 5.69 Å². The summed E-state index contributed by atoms with van der Waals surface area (Å²) < 4.78 is 13.4.